The molecule has 0 radical (unpaired) electrons. The summed E-state index contributed by atoms with van der Waals surface area (Å²) in [5, 5.41) is 7.77. The van der Waals surface area contributed by atoms with Gasteiger partial charge in [-0.25, -0.2) is 0 Å². The van der Waals surface area contributed by atoms with Crippen LogP contribution in [0.1, 0.15) is 15.9 Å². The quantitative estimate of drug-likeness (QED) is 0.525. The zero-order valence-corrected chi connectivity index (χ0v) is 17.0. The molecule has 1 aromatic heterocycles. The van der Waals surface area contributed by atoms with Gasteiger partial charge in [0.25, 0.3) is 5.91 Å². The minimum atomic E-state index is -0.231. The van der Waals surface area contributed by atoms with Crippen molar-refractivity contribution in [3.63, 3.8) is 0 Å². The standard InChI is InChI=1S/C24H23N5O/c1-28(2)21-15-13-20(14-16-21)23(30)29-24(25-17-18-9-5-3-6-10-18)26-22(27-29)19-11-7-4-8-12-19/h3-16H,17H2,1-2H3,(H,25,26,27). The predicted octanol–water partition coefficient (Wildman–Crippen LogP) is 4.31. The van der Waals surface area contributed by atoms with Crippen LogP contribution in [0, 0.1) is 0 Å². The van der Waals surface area contributed by atoms with E-state index >= 15 is 0 Å². The number of nitrogens with zero attached hydrogens (tertiary/aromatic N) is 4. The van der Waals surface area contributed by atoms with E-state index < -0.39 is 0 Å². The summed E-state index contributed by atoms with van der Waals surface area (Å²) in [5.41, 5.74) is 3.52. The summed E-state index contributed by atoms with van der Waals surface area (Å²) in [5.74, 6) is 0.689. The molecule has 0 aliphatic rings. The SMILES string of the molecule is CN(C)c1ccc(C(=O)n2nc(-c3ccccc3)nc2NCc2ccccc2)cc1. The predicted molar refractivity (Wildman–Crippen MR) is 120 cm³/mol. The Kier molecular flexibility index (Phi) is 5.57. The van der Waals surface area contributed by atoms with E-state index in [1.54, 1.807) is 0 Å². The van der Waals surface area contributed by atoms with Gasteiger partial charge in [0.2, 0.25) is 5.95 Å². The van der Waals surface area contributed by atoms with Gasteiger partial charge in [0.1, 0.15) is 0 Å². The van der Waals surface area contributed by atoms with Crippen molar-refractivity contribution in [2.75, 3.05) is 24.3 Å². The smallest absolute Gasteiger partial charge is 0.281 e. The number of anilines is 2. The molecule has 3 aromatic carbocycles. The van der Waals surface area contributed by atoms with Crippen LogP contribution in [0.25, 0.3) is 11.4 Å². The van der Waals surface area contributed by atoms with Crippen molar-refractivity contribution in [1.29, 1.82) is 0 Å². The molecule has 0 unspecified atom stereocenters. The normalized spacial score (nSPS) is 10.6. The highest BCUT2D eigenvalue weighted by Crippen LogP contribution is 2.20. The van der Waals surface area contributed by atoms with Crippen LogP contribution in [0.3, 0.4) is 0 Å². The lowest BCUT2D eigenvalue weighted by atomic mass is 10.2. The molecular weight excluding hydrogens is 374 g/mol. The number of carbonyl (C=O) groups is 1. The highest BCUT2D eigenvalue weighted by molar-refractivity contribution is 5.97. The topological polar surface area (TPSA) is 63.1 Å². The second-order valence-corrected chi connectivity index (χ2v) is 7.12. The lowest BCUT2D eigenvalue weighted by molar-refractivity contribution is 0.0947. The molecule has 30 heavy (non-hydrogen) atoms. The van der Waals surface area contributed by atoms with Gasteiger partial charge in [-0.3, -0.25) is 4.79 Å². The minimum Gasteiger partial charge on any atom is -0.378 e. The first-order valence-electron chi connectivity index (χ1n) is 9.74. The van der Waals surface area contributed by atoms with Crippen molar-refractivity contribution < 1.29 is 4.79 Å². The van der Waals surface area contributed by atoms with Crippen LogP contribution in [0.15, 0.2) is 84.9 Å². The van der Waals surface area contributed by atoms with E-state index in [2.05, 4.69) is 15.4 Å². The molecule has 0 fully saturated rings. The summed E-state index contributed by atoms with van der Waals surface area (Å²) >= 11 is 0. The Morgan fingerprint density at radius 2 is 1.53 bits per heavy atom. The summed E-state index contributed by atoms with van der Waals surface area (Å²) in [7, 11) is 3.93. The van der Waals surface area contributed by atoms with Gasteiger partial charge >= 0.3 is 0 Å². The van der Waals surface area contributed by atoms with Gasteiger partial charge in [0.15, 0.2) is 5.82 Å². The van der Waals surface area contributed by atoms with Crippen molar-refractivity contribution in [2.45, 2.75) is 6.54 Å². The molecule has 0 atom stereocenters. The third-order valence-corrected chi connectivity index (χ3v) is 4.76. The number of carbonyl (C=O) groups excluding carboxylic acids is 1. The number of nitrogens with one attached hydrogen (secondary N) is 1. The molecule has 1 N–H and O–H groups in total. The Hall–Kier alpha value is -3.93. The maximum Gasteiger partial charge on any atom is 0.281 e. The Bertz CT molecular complexity index is 1120. The Morgan fingerprint density at radius 3 is 2.17 bits per heavy atom. The van der Waals surface area contributed by atoms with Crippen LogP contribution in [-0.2, 0) is 6.54 Å². The average Bonchev–Trinajstić information content (AvgIpc) is 3.23. The van der Waals surface area contributed by atoms with Gasteiger partial charge in [-0.15, -0.1) is 5.10 Å². The zero-order chi connectivity index (χ0) is 20.9. The van der Waals surface area contributed by atoms with E-state index in [4.69, 9.17) is 0 Å². The van der Waals surface area contributed by atoms with Crippen molar-refractivity contribution in [2.24, 2.45) is 0 Å². The second kappa shape index (κ2) is 8.61. The van der Waals surface area contributed by atoms with Gasteiger partial charge < -0.3 is 10.2 Å². The minimum absolute atomic E-state index is 0.231. The molecule has 0 saturated heterocycles. The molecule has 4 rings (SSSR count). The number of hydrogen-bond acceptors (Lipinski definition) is 5. The molecule has 0 amide bonds. The molecule has 150 valence electrons. The molecule has 1 heterocycles. The molecule has 6 nitrogen and oxygen atoms in total. The first kappa shape index (κ1) is 19.4. The van der Waals surface area contributed by atoms with E-state index in [0.29, 0.717) is 23.9 Å². The van der Waals surface area contributed by atoms with Crippen molar-refractivity contribution in [3.8, 4) is 11.4 Å². The lowest BCUT2D eigenvalue weighted by Gasteiger charge is -2.12. The Labute approximate surface area is 175 Å². The summed E-state index contributed by atoms with van der Waals surface area (Å²) in [6.07, 6.45) is 0. The first-order chi connectivity index (χ1) is 14.6. The summed E-state index contributed by atoms with van der Waals surface area (Å²) < 4.78 is 1.34. The monoisotopic (exact) mass is 397 g/mol. The summed E-state index contributed by atoms with van der Waals surface area (Å²) in [4.78, 5) is 19.8. The van der Waals surface area contributed by atoms with Crippen molar-refractivity contribution in [1.82, 2.24) is 14.8 Å². The molecule has 0 bridgehead atoms. The van der Waals surface area contributed by atoms with Gasteiger partial charge in [-0.1, -0.05) is 60.7 Å². The van der Waals surface area contributed by atoms with Gasteiger partial charge in [0.05, 0.1) is 0 Å². The van der Waals surface area contributed by atoms with Crippen LogP contribution >= 0.6 is 0 Å². The highest BCUT2D eigenvalue weighted by Gasteiger charge is 2.19. The van der Waals surface area contributed by atoms with Crippen molar-refractivity contribution in [3.05, 3.63) is 96.1 Å². The van der Waals surface area contributed by atoms with Crippen LogP contribution < -0.4 is 10.2 Å². The molecular formula is C24H23N5O. The molecule has 0 aliphatic heterocycles. The van der Waals surface area contributed by atoms with Crippen LogP contribution in [0.2, 0.25) is 0 Å². The third kappa shape index (κ3) is 4.22. The highest BCUT2D eigenvalue weighted by atomic mass is 16.2. The number of rotatable bonds is 6. The number of benzene rings is 3. The van der Waals surface area contributed by atoms with E-state index in [9.17, 15) is 4.79 Å². The van der Waals surface area contributed by atoms with Gasteiger partial charge in [-0.2, -0.15) is 9.67 Å². The fourth-order valence-electron chi connectivity index (χ4n) is 3.08. The Balaban J connectivity index is 1.67. The molecule has 0 spiro atoms. The van der Waals surface area contributed by atoms with Crippen LogP contribution in [-0.4, -0.2) is 34.8 Å². The molecule has 0 saturated carbocycles. The Morgan fingerprint density at radius 1 is 0.900 bits per heavy atom. The third-order valence-electron chi connectivity index (χ3n) is 4.76. The summed E-state index contributed by atoms with van der Waals surface area (Å²) in [6, 6.07) is 27.1. The number of aromatic nitrogens is 3. The van der Waals surface area contributed by atoms with E-state index in [1.807, 2.05) is 104 Å². The molecule has 4 aromatic rings. The first-order valence-corrected chi connectivity index (χ1v) is 9.74. The van der Waals surface area contributed by atoms with E-state index in [-0.39, 0.29) is 5.91 Å². The summed E-state index contributed by atoms with van der Waals surface area (Å²) in [6.45, 7) is 0.542. The fourth-order valence-corrected chi connectivity index (χ4v) is 3.08. The average molecular weight is 397 g/mol. The van der Waals surface area contributed by atoms with E-state index in [0.717, 1.165) is 16.8 Å². The van der Waals surface area contributed by atoms with Crippen LogP contribution in [0.4, 0.5) is 11.6 Å². The molecule has 6 heteroatoms. The lowest BCUT2D eigenvalue weighted by Crippen LogP contribution is -2.18. The maximum atomic E-state index is 13.2. The zero-order valence-electron chi connectivity index (χ0n) is 17.0. The largest absolute Gasteiger partial charge is 0.378 e. The second-order valence-electron chi connectivity index (χ2n) is 7.12. The number of hydrogen-bond donors (Lipinski definition) is 1. The molecule has 0 aliphatic carbocycles. The van der Waals surface area contributed by atoms with Crippen molar-refractivity contribution >= 4 is 17.5 Å². The van der Waals surface area contributed by atoms with Crippen LogP contribution in [0.5, 0.6) is 0 Å². The van der Waals surface area contributed by atoms with E-state index in [1.165, 1.54) is 4.68 Å². The van der Waals surface area contributed by atoms with Gasteiger partial charge in [-0.05, 0) is 29.8 Å². The fraction of sp³-hybridized carbons (Fsp3) is 0.125. The maximum absolute atomic E-state index is 13.2. The van der Waals surface area contributed by atoms with Gasteiger partial charge in [0, 0.05) is 37.5 Å².